The molecule has 0 amide bonds. The third-order valence-electron chi connectivity index (χ3n) is 3.21. The number of nitrogens with zero attached hydrogens (tertiary/aromatic N) is 1. The number of phenolic OH excluding ortho intramolecular Hbond substituents is 1. The number of hydrogen-bond donors (Lipinski definition) is 1. The molecule has 0 spiro atoms. The molecular weight excluding hydrogens is 241 g/mol. The quantitative estimate of drug-likeness (QED) is 0.901. The number of para-hydroxylation sites is 1. The minimum absolute atomic E-state index is 0.256. The summed E-state index contributed by atoms with van der Waals surface area (Å²) in [7, 11) is 0. The Kier molecular flexibility index (Phi) is 4.05. The summed E-state index contributed by atoms with van der Waals surface area (Å²) in [6, 6.07) is 12.8. The fraction of sp³-hybridized carbons (Fsp3) is 0.250. The number of halogens is 1. The van der Waals surface area contributed by atoms with Gasteiger partial charge in [0.15, 0.2) is 11.6 Å². The van der Waals surface area contributed by atoms with Gasteiger partial charge in [-0.05, 0) is 32.0 Å². The van der Waals surface area contributed by atoms with Crippen LogP contribution in [-0.2, 0) is 6.54 Å². The molecule has 2 aromatic carbocycles. The maximum absolute atomic E-state index is 13.3. The predicted molar refractivity (Wildman–Crippen MR) is 76.0 cm³/mol. The Morgan fingerprint density at radius 3 is 2.42 bits per heavy atom. The van der Waals surface area contributed by atoms with E-state index in [1.165, 1.54) is 11.6 Å². The first-order valence-corrected chi connectivity index (χ1v) is 6.39. The number of anilines is 1. The number of rotatable bonds is 4. The molecule has 0 heterocycles. The molecule has 0 fully saturated rings. The van der Waals surface area contributed by atoms with Gasteiger partial charge in [-0.15, -0.1) is 0 Å². The highest BCUT2D eigenvalue weighted by atomic mass is 19.1. The lowest BCUT2D eigenvalue weighted by Gasteiger charge is -2.23. The lowest BCUT2D eigenvalue weighted by atomic mass is 10.1. The van der Waals surface area contributed by atoms with Crippen molar-refractivity contribution < 1.29 is 9.50 Å². The molecule has 2 aromatic rings. The summed E-state index contributed by atoms with van der Waals surface area (Å²) in [4.78, 5) is 2.09. The van der Waals surface area contributed by atoms with E-state index in [0.717, 1.165) is 12.2 Å². The van der Waals surface area contributed by atoms with Crippen molar-refractivity contribution in [3.8, 4) is 5.75 Å². The number of aryl methyl sites for hydroxylation is 1. The van der Waals surface area contributed by atoms with Gasteiger partial charge in [0.05, 0.1) is 0 Å². The average molecular weight is 259 g/mol. The van der Waals surface area contributed by atoms with E-state index in [4.69, 9.17) is 0 Å². The Hall–Kier alpha value is -2.03. The summed E-state index contributed by atoms with van der Waals surface area (Å²) < 4.78 is 13.3. The highest BCUT2D eigenvalue weighted by Gasteiger charge is 2.11. The largest absolute Gasteiger partial charge is 0.505 e. The Balaban J connectivity index is 2.24. The Bertz CT molecular complexity index is 551. The highest BCUT2D eigenvalue weighted by molar-refractivity contribution is 5.49. The standard InChI is InChI=1S/C16H18FNO/c1-3-18(14-9-7-12(2)8-10-14)11-13-5-4-6-15(17)16(13)19/h4-10,19H,3,11H2,1-2H3. The van der Waals surface area contributed by atoms with Crippen LogP contribution in [0.25, 0.3) is 0 Å². The van der Waals surface area contributed by atoms with E-state index in [1.54, 1.807) is 12.1 Å². The van der Waals surface area contributed by atoms with Gasteiger partial charge in [0, 0.05) is 24.3 Å². The third kappa shape index (κ3) is 3.05. The summed E-state index contributed by atoms with van der Waals surface area (Å²) in [6.45, 7) is 5.36. The topological polar surface area (TPSA) is 23.5 Å². The molecule has 0 aliphatic rings. The molecule has 0 bridgehead atoms. The second-order valence-corrected chi connectivity index (χ2v) is 4.60. The number of hydrogen-bond acceptors (Lipinski definition) is 2. The van der Waals surface area contributed by atoms with Gasteiger partial charge in [-0.25, -0.2) is 4.39 Å². The second-order valence-electron chi connectivity index (χ2n) is 4.60. The van der Waals surface area contributed by atoms with Crippen LogP contribution in [0.15, 0.2) is 42.5 Å². The lowest BCUT2D eigenvalue weighted by molar-refractivity contribution is 0.425. The van der Waals surface area contributed by atoms with Crippen molar-refractivity contribution in [1.29, 1.82) is 0 Å². The third-order valence-corrected chi connectivity index (χ3v) is 3.21. The minimum atomic E-state index is -0.572. The molecule has 3 heteroatoms. The Morgan fingerprint density at radius 1 is 1.11 bits per heavy atom. The van der Waals surface area contributed by atoms with E-state index in [2.05, 4.69) is 4.90 Å². The summed E-state index contributed by atoms with van der Waals surface area (Å²) in [5.74, 6) is -0.828. The van der Waals surface area contributed by atoms with E-state index in [1.807, 2.05) is 38.1 Å². The molecule has 19 heavy (non-hydrogen) atoms. The van der Waals surface area contributed by atoms with Crippen LogP contribution in [0.1, 0.15) is 18.1 Å². The first kappa shape index (κ1) is 13.4. The van der Waals surface area contributed by atoms with Crippen molar-refractivity contribution in [3.05, 3.63) is 59.4 Å². The zero-order valence-corrected chi connectivity index (χ0v) is 11.2. The molecule has 0 saturated heterocycles. The van der Waals surface area contributed by atoms with E-state index >= 15 is 0 Å². The number of benzene rings is 2. The van der Waals surface area contributed by atoms with Crippen LogP contribution >= 0.6 is 0 Å². The molecule has 0 atom stereocenters. The smallest absolute Gasteiger partial charge is 0.165 e. The average Bonchev–Trinajstić information content (AvgIpc) is 2.42. The first-order valence-electron chi connectivity index (χ1n) is 6.39. The van der Waals surface area contributed by atoms with E-state index in [0.29, 0.717) is 12.1 Å². The van der Waals surface area contributed by atoms with Crippen LogP contribution in [-0.4, -0.2) is 11.7 Å². The Labute approximate surface area is 113 Å². The van der Waals surface area contributed by atoms with Gasteiger partial charge in [-0.3, -0.25) is 0 Å². The van der Waals surface area contributed by atoms with Crippen molar-refractivity contribution in [2.24, 2.45) is 0 Å². The number of phenols is 1. The molecule has 0 unspecified atom stereocenters. The van der Waals surface area contributed by atoms with Crippen LogP contribution in [0.4, 0.5) is 10.1 Å². The Morgan fingerprint density at radius 2 is 1.79 bits per heavy atom. The van der Waals surface area contributed by atoms with Crippen molar-refractivity contribution >= 4 is 5.69 Å². The van der Waals surface area contributed by atoms with Crippen LogP contribution in [0.5, 0.6) is 5.75 Å². The maximum atomic E-state index is 13.3. The molecule has 1 N–H and O–H groups in total. The van der Waals surface area contributed by atoms with Gasteiger partial charge in [-0.2, -0.15) is 0 Å². The van der Waals surface area contributed by atoms with Crippen molar-refractivity contribution in [2.75, 3.05) is 11.4 Å². The van der Waals surface area contributed by atoms with Crippen LogP contribution in [0, 0.1) is 12.7 Å². The van der Waals surface area contributed by atoms with Gasteiger partial charge < -0.3 is 10.0 Å². The zero-order valence-electron chi connectivity index (χ0n) is 11.2. The summed E-state index contributed by atoms with van der Waals surface area (Å²) in [5, 5.41) is 9.73. The van der Waals surface area contributed by atoms with Crippen LogP contribution in [0.3, 0.4) is 0 Å². The van der Waals surface area contributed by atoms with Gasteiger partial charge in [-0.1, -0.05) is 29.8 Å². The van der Waals surface area contributed by atoms with E-state index in [9.17, 15) is 9.50 Å². The number of aromatic hydroxyl groups is 1. The lowest BCUT2D eigenvalue weighted by Crippen LogP contribution is -2.22. The van der Waals surface area contributed by atoms with Gasteiger partial charge in [0.1, 0.15) is 0 Å². The monoisotopic (exact) mass is 259 g/mol. The SMILES string of the molecule is CCN(Cc1cccc(F)c1O)c1ccc(C)cc1. The first-order chi connectivity index (χ1) is 9.11. The van der Waals surface area contributed by atoms with Crippen molar-refractivity contribution in [3.63, 3.8) is 0 Å². The minimum Gasteiger partial charge on any atom is -0.505 e. The van der Waals surface area contributed by atoms with Crippen molar-refractivity contribution in [2.45, 2.75) is 20.4 Å². The molecular formula is C16H18FNO. The van der Waals surface area contributed by atoms with E-state index in [-0.39, 0.29) is 5.75 Å². The maximum Gasteiger partial charge on any atom is 0.165 e. The van der Waals surface area contributed by atoms with Gasteiger partial charge in [0.25, 0.3) is 0 Å². The second kappa shape index (κ2) is 5.74. The molecule has 2 rings (SSSR count). The van der Waals surface area contributed by atoms with Crippen LogP contribution < -0.4 is 4.90 Å². The van der Waals surface area contributed by atoms with E-state index < -0.39 is 5.82 Å². The molecule has 100 valence electrons. The zero-order chi connectivity index (χ0) is 13.8. The fourth-order valence-electron chi connectivity index (χ4n) is 2.03. The predicted octanol–water partition coefficient (Wildman–Crippen LogP) is 3.87. The molecule has 0 saturated carbocycles. The van der Waals surface area contributed by atoms with Gasteiger partial charge >= 0.3 is 0 Å². The fourth-order valence-corrected chi connectivity index (χ4v) is 2.03. The van der Waals surface area contributed by atoms with Crippen molar-refractivity contribution in [1.82, 2.24) is 0 Å². The molecule has 2 nitrogen and oxygen atoms in total. The summed E-state index contributed by atoms with van der Waals surface area (Å²) >= 11 is 0. The summed E-state index contributed by atoms with van der Waals surface area (Å²) in [5.41, 5.74) is 2.87. The van der Waals surface area contributed by atoms with Crippen LogP contribution in [0.2, 0.25) is 0 Å². The molecule has 0 radical (unpaired) electrons. The highest BCUT2D eigenvalue weighted by Crippen LogP contribution is 2.24. The molecule has 0 aliphatic carbocycles. The molecule has 0 aromatic heterocycles. The summed E-state index contributed by atoms with van der Waals surface area (Å²) in [6.07, 6.45) is 0. The molecule has 0 aliphatic heterocycles. The normalized spacial score (nSPS) is 10.5. The van der Waals surface area contributed by atoms with Gasteiger partial charge in [0.2, 0.25) is 0 Å².